The molecule has 0 saturated carbocycles. The minimum Gasteiger partial charge on any atom is -0.461 e. The van der Waals surface area contributed by atoms with Gasteiger partial charge in [-0.2, -0.15) is 9.97 Å². The van der Waals surface area contributed by atoms with Crippen LogP contribution in [0, 0.1) is 5.82 Å². The summed E-state index contributed by atoms with van der Waals surface area (Å²) < 4.78 is 21.3. The van der Waals surface area contributed by atoms with Crippen LogP contribution in [0.5, 0.6) is 6.01 Å². The Morgan fingerprint density at radius 1 is 1.21 bits per heavy atom. The van der Waals surface area contributed by atoms with Gasteiger partial charge in [0.1, 0.15) is 17.9 Å². The molecule has 0 bridgehead atoms. The third kappa shape index (κ3) is 4.07. The number of β-amino-alcohol motifs (C(OH)–C–C–N with tert-alkyl or cyclic N) is 1. The second-order valence-electron chi connectivity index (χ2n) is 8.92. The molecule has 29 heavy (non-hydrogen) atoms. The monoisotopic (exact) mass is 466 g/mol. The van der Waals surface area contributed by atoms with E-state index in [1.54, 1.807) is 6.07 Å². The molecule has 0 aliphatic carbocycles. The Bertz CT molecular complexity index is 925. The number of benzene rings is 1. The summed E-state index contributed by atoms with van der Waals surface area (Å²) in [7, 11) is 2.09. The summed E-state index contributed by atoms with van der Waals surface area (Å²) >= 11 is 3.25. The number of hydrogen-bond acceptors (Lipinski definition) is 6. The fourth-order valence-corrected chi connectivity index (χ4v) is 4.69. The number of likely N-dealkylation sites (tertiary alicyclic amines) is 1. The number of nitrogens with zero attached hydrogens (tertiary/aromatic N) is 4. The van der Waals surface area contributed by atoms with Gasteiger partial charge in [-0.15, -0.1) is 0 Å². The van der Waals surface area contributed by atoms with Gasteiger partial charge >= 0.3 is 6.01 Å². The standard InChI is InChI=1S/C21H28BrFN4O2/c1-20(8-4-10-26(20)3)13-29-19-24-17-14(6-7-15(22)16(17)23)18(25-19)27-11-5-9-21(2,28)12-27/h6-7,28H,4-5,8-13H2,1-3H3. The lowest BCUT2D eigenvalue weighted by atomic mass is 9.95. The molecule has 0 spiro atoms. The normalized spacial score (nSPS) is 28.3. The molecule has 0 amide bonds. The molecule has 2 saturated heterocycles. The van der Waals surface area contributed by atoms with Gasteiger partial charge in [-0.25, -0.2) is 4.39 Å². The lowest BCUT2D eigenvalue weighted by Crippen LogP contribution is -2.46. The van der Waals surface area contributed by atoms with Gasteiger partial charge in [0.2, 0.25) is 0 Å². The van der Waals surface area contributed by atoms with Crippen molar-refractivity contribution >= 4 is 32.7 Å². The highest BCUT2D eigenvalue weighted by atomic mass is 79.9. The number of aliphatic hydroxyl groups is 1. The molecule has 6 nitrogen and oxygen atoms in total. The van der Waals surface area contributed by atoms with Crippen molar-refractivity contribution in [2.45, 2.75) is 50.7 Å². The largest absolute Gasteiger partial charge is 0.461 e. The molecule has 158 valence electrons. The van der Waals surface area contributed by atoms with Crippen molar-refractivity contribution in [2.75, 3.05) is 38.2 Å². The van der Waals surface area contributed by atoms with Crippen molar-refractivity contribution in [3.05, 3.63) is 22.4 Å². The number of halogens is 2. The van der Waals surface area contributed by atoms with E-state index in [1.807, 2.05) is 17.9 Å². The molecular weight excluding hydrogens is 439 g/mol. The van der Waals surface area contributed by atoms with E-state index in [0.717, 1.165) is 38.8 Å². The van der Waals surface area contributed by atoms with Gasteiger partial charge in [0.15, 0.2) is 5.82 Å². The van der Waals surface area contributed by atoms with Crippen molar-refractivity contribution in [1.29, 1.82) is 0 Å². The third-order valence-electron chi connectivity index (χ3n) is 6.34. The second-order valence-corrected chi connectivity index (χ2v) is 9.77. The Kier molecular flexibility index (Phi) is 5.46. The van der Waals surface area contributed by atoms with E-state index in [0.29, 0.717) is 28.8 Å². The molecule has 8 heteroatoms. The number of aromatic nitrogens is 2. The van der Waals surface area contributed by atoms with E-state index in [9.17, 15) is 9.50 Å². The van der Waals surface area contributed by atoms with E-state index in [-0.39, 0.29) is 17.1 Å². The predicted octanol–water partition coefficient (Wildman–Crippen LogP) is 3.75. The van der Waals surface area contributed by atoms with Gasteiger partial charge in [0, 0.05) is 18.5 Å². The number of likely N-dealkylation sites (N-methyl/N-ethyl adjacent to an activating group) is 1. The lowest BCUT2D eigenvalue weighted by Gasteiger charge is -2.38. The lowest BCUT2D eigenvalue weighted by molar-refractivity contribution is 0.0447. The minimum atomic E-state index is -0.801. The van der Waals surface area contributed by atoms with Crippen molar-refractivity contribution < 1.29 is 14.2 Å². The van der Waals surface area contributed by atoms with Gasteiger partial charge in [-0.05, 0) is 81.2 Å². The molecular formula is C21H28BrFN4O2. The van der Waals surface area contributed by atoms with E-state index < -0.39 is 11.4 Å². The number of hydrogen-bond donors (Lipinski definition) is 1. The van der Waals surface area contributed by atoms with Crippen molar-refractivity contribution in [2.24, 2.45) is 0 Å². The number of rotatable bonds is 4. The van der Waals surface area contributed by atoms with Crippen LogP contribution in [0.4, 0.5) is 10.2 Å². The Hall–Kier alpha value is -1.51. The SMILES string of the molecule is CN1CCCC1(C)COc1nc(N2CCCC(C)(O)C2)c2ccc(Br)c(F)c2n1. The van der Waals surface area contributed by atoms with E-state index >= 15 is 0 Å². The molecule has 2 fully saturated rings. The summed E-state index contributed by atoms with van der Waals surface area (Å²) in [5.74, 6) is 0.185. The van der Waals surface area contributed by atoms with Crippen LogP contribution in [0.3, 0.4) is 0 Å². The Labute approximate surface area is 179 Å². The molecule has 2 aliphatic rings. The molecule has 1 aromatic heterocycles. The summed E-state index contributed by atoms with van der Waals surface area (Å²) in [4.78, 5) is 13.4. The average molecular weight is 467 g/mol. The Morgan fingerprint density at radius 3 is 2.66 bits per heavy atom. The van der Waals surface area contributed by atoms with Crippen LogP contribution in [0.25, 0.3) is 10.9 Å². The number of piperidine rings is 1. The number of fused-ring (bicyclic) bond motifs is 1. The van der Waals surface area contributed by atoms with E-state index in [2.05, 4.69) is 44.8 Å². The van der Waals surface area contributed by atoms with Crippen LogP contribution >= 0.6 is 15.9 Å². The van der Waals surface area contributed by atoms with Gasteiger partial charge in [0.25, 0.3) is 0 Å². The van der Waals surface area contributed by atoms with Crippen molar-refractivity contribution in [3.8, 4) is 6.01 Å². The maximum absolute atomic E-state index is 14.9. The molecule has 4 rings (SSSR count). The molecule has 2 atom stereocenters. The highest BCUT2D eigenvalue weighted by Crippen LogP contribution is 2.34. The topological polar surface area (TPSA) is 61.7 Å². The van der Waals surface area contributed by atoms with Crippen LogP contribution < -0.4 is 9.64 Å². The van der Waals surface area contributed by atoms with Gasteiger partial charge < -0.3 is 14.7 Å². The van der Waals surface area contributed by atoms with Crippen molar-refractivity contribution in [1.82, 2.24) is 14.9 Å². The molecule has 3 heterocycles. The zero-order chi connectivity index (χ0) is 20.8. The van der Waals surface area contributed by atoms with E-state index in [1.165, 1.54) is 0 Å². The molecule has 2 aromatic rings. The summed E-state index contributed by atoms with van der Waals surface area (Å²) in [6.07, 6.45) is 3.75. The first-order valence-corrected chi connectivity index (χ1v) is 10.9. The minimum absolute atomic E-state index is 0.0803. The fraction of sp³-hybridized carbons (Fsp3) is 0.619. The zero-order valence-corrected chi connectivity index (χ0v) is 18.8. The fourth-order valence-electron chi connectivity index (χ4n) is 4.37. The Balaban J connectivity index is 1.72. The van der Waals surface area contributed by atoms with Crippen LogP contribution in [-0.4, -0.2) is 64.4 Å². The predicted molar refractivity (Wildman–Crippen MR) is 115 cm³/mol. The molecule has 1 aromatic carbocycles. The molecule has 2 aliphatic heterocycles. The first-order valence-electron chi connectivity index (χ1n) is 10.2. The first kappa shape index (κ1) is 20.8. The zero-order valence-electron chi connectivity index (χ0n) is 17.2. The molecule has 2 unspecified atom stereocenters. The summed E-state index contributed by atoms with van der Waals surface area (Å²) in [6.45, 7) is 6.67. The molecule has 0 radical (unpaired) electrons. The molecule has 1 N–H and O–H groups in total. The highest BCUT2D eigenvalue weighted by molar-refractivity contribution is 9.10. The van der Waals surface area contributed by atoms with Crippen molar-refractivity contribution in [3.63, 3.8) is 0 Å². The van der Waals surface area contributed by atoms with Gasteiger partial charge in [-0.1, -0.05) is 0 Å². The third-order valence-corrected chi connectivity index (χ3v) is 6.95. The summed E-state index contributed by atoms with van der Waals surface area (Å²) in [5, 5.41) is 11.2. The second kappa shape index (κ2) is 7.63. The number of ether oxygens (including phenoxy) is 1. The van der Waals surface area contributed by atoms with E-state index in [4.69, 9.17) is 4.74 Å². The Morgan fingerprint density at radius 2 is 1.97 bits per heavy atom. The quantitative estimate of drug-likeness (QED) is 0.740. The van der Waals surface area contributed by atoms with Crippen LogP contribution in [0.1, 0.15) is 39.5 Å². The van der Waals surface area contributed by atoms with Crippen LogP contribution in [0.15, 0.2) is 16.6 Å². The summed E-state index contributed by atoms with van der Waals surface area (Å²) in [5.41, 5.74) is -0.650. The number of anilines is 1. The smallest absolute Gasteiger partial charge is 0.319 e. The average Bonchev–Trinajstić information content (AvgIpc) is 3.01. The van der Waals surface area contributed by atoms with Crippen LogP contribution in [0.2, 0.25) is 0 Å². The maximum Gasteiger partial charge on any atom is 0.319 e. The van der Waals surface area contributed by atoms with Gasteiger partial charge in [-0.3, -0.25) is 4.90 Å². The maximum atomic E-state index is 14.9. The van der Waals surface area contributed by atoms with Crippen LogP contribution in [-0.2, 0) is 0 Å². The van der Waals surface area contributed by atoms with Gasteiger partial charge in [0.05, 0.1) is 15.6 Å². The highest BCUT2D eigenvalue weighted by Gasteiger charge is 2.35. The summed E-state index contributed by atoms with van der Waals surface area (Å²) in [6, 6.07) is 3.66. The first-order chi connectivity index (χ1) is 13.7.